The molecule has 0 saturated carbocycles. The molecule has 0 aromatic heterocycles. The predicted molar refractivity (Wildman–Crippen MR) is 84.8 cm³/mol. The van der Waals surface area contributed by atoms with Gasteiger partial charge in [-0.25, -0.2) is 0 Å². The Hall–Kier alpha value is -1.32. The number of carbonyl (C=O) groups excluding carboxylic acids is 1. The molecule has 0 bridgehead atoms. The van der Waals surface area contributed by atoms with Crippen molar-refractivity contribution in [2.45, 2.75) is 25.0 Å². The van der Waals surface area contributed by atoms with Gasteiger partial charge in [-0.3, -0.25) is 9.69 Å². The standard InChI is InChI=1S/C15H17Cl2N3O2/c1-20(8-14(22)19-4-2-3-18)15-11-5-9(16)6-12(17)10(11)7-13(15)21/h5-6,13,15,21H,2,4,7-8H2,1H3,(H,19,22)/t13-,15+/m0/s1. The minimum absolute atomic E-state index is 0.122. The van der Waals surface area contributed by atoms with Crippen molar-refractivity contribution in [2.24, 2.45) is 0 Å². The molecule has 0 fully saturated rings. The Bertz CT molecular complexity index is 616. The molecule has 118 valence electrons. The fraction of sp³-hybridized carbons (Fsp3) is 0.467. The zero-order valence-corrected chi connectivity index (χ0v) is 13.7. The first-order chi connectivity index (χ1) is 10.4. The second-order valence-electron chi connectivity index (χ2n) is 5.34. The maximum Gasteiger partial charge on any atom is 0.234 e. The van der Waals surface area contributed by atoms with Crippen molar-refractivity contribution in [3.63, 3.8) is 0 Å². The minimum Gasteiger partial charge on any atom is -0.391 e. The summed E-state index contributed by atoms with van der Waals surface area (Å²) in [5.41, 5.74) is 1.73. The number of carbonyl (C=O) groups is 1. The van der Waals surface area contributed by atoms with E-state index in [4.69, 9.17) is 28.5 Å². The topological polar surface area (TPSA) is 76.4 Å². The first kappa shape index (κ1) is 17.0. The zero-order valence-electron chi connectivity index (χ0n) is 12.1. The molecule has 0 aliphatic heterocycles. The number of aliphatic hydroxyl groups excluding tert-OH is 1. The molecule has 1 aliphatic rings. The summed E-state index contributed by atoms with van der Waals surface area (Å²) in [6.45, 7) is 0.446. The molecule has 1 aromatic rings. The lowest BCUT2D eigenvalue weighted by atomic mass is 10.1. The van der Waals surface area contributed by atoms with Crippen LogP contribution in [0.3, 0.4) is 0 Å². The van der Waals surface area contributed by atoms with E-state index in [2.05, 4.69) is 5.32 Å². The van der Waals surface area contributed by atoms with Crippen LogP contribution in [0.5, 0.6) is 0 Å². The fourth-order valence-corrected chi connectivity index (χ4v) is 3.39. The maximum absolute atomic E-state index is 11.8. The van der Waals surface area contributed by atoms with E-state index in [1.54, 1.807) is 24.1 Å². The van der Waals surface area contributed by atoms with Crippen molar-refractivity contribution < 1.29 is 9.90 Å². The van der Waals surface area contributed by atoms with Crippen LogP contribution in [0.25, 0.3) is 0 Å². The Morgan fingerprint density at radius 3 is 2.95 bits per heavy atom. The van der Waals surface area contributed by atoms with Crippen molar-refractivity contribution in [1.82, 2.24) is 10.2 Å². The lowest BCUT2D eigenvalue weighted by Crippen LogP contribution is -2.39. The number of fused-ring (bicyclic) bond motifs is 1. The molecular weight excluding hydrogens is 325 g/mol. The van der Waals surface area contributed by atoms with Crippen LogP contribution < -0.4 is 5.32 Å². The molecule has 0 unspecified atom stereocenters. The van der Waals surface area contributed by atoms with Crippen LogP contribution in [0.4, 0.5) is 0 Å². The molecule has 5 nitrogen and oxygen atoms in total. The van der Waals surface area contributed by atoms with E-state index in [9.17, 15) is 9.90 Å². The van der Waals surface area contributed by atoms with Crippen molar-refractivity contribution in [1.29, 1.82) is 5.26 Å². The summed E-state index contributed by atoms with van der Waals surface area (Å²) in [6, 6.07) is 5.08. The molecular formula is C15H17Cl2N3O2. The summed E-state index contributed by atoms with van der Waals surface area (Å²) in [7, 11) is 1.77. The van der Waals surface area contributed by atoms with E-state index < -0.39 is 6.10 Å². The summed E-state index contributed by atoms with van der Waals surface area (Å²) >= 11 is 12.2. The fourth-order valence-electron chi connectivity index (χ4n) is 2.80. The molecule has 0 radical (unpaired) electrons. The molecule has 22 heavy (non-hydrogen) atoms. The molecule has 0 heterocycles. The predicted octanol–water partition coefficient (Wildman–Crippen LogP) is 1.91. The highest BCUT2D eigenvalue weighted by Gasteiger charge is 2.36. The van der Waals surface area contributed by atoms with Gasteiger partial charge in [0, 0.05) is 23.0 Å². The van der Waals surface area contributed by atoms with Crippen molar-refractivity contribution in [3.8, 4) is 6.07 Å². The lowest BCUT2D eigenvalue weighted by Gasteiger charge is -2.27. The summed E-state index contributed by atoms with van der Waals surface area (Å²) in [5, 5.41) is 22.5. The molecule has 0 spiro atoms. The molecule has 0 saturated heterocycles. The summed E-state index contributed by atoms with van der Waals surface area (Å²) in [5.74, 6) is -0.188. The minimum atomic E-state index is -0.636. The number of rotatable bonds is 5. The highest BCUT2D eigenvalue weighted by Crippen LogP contribution is 2.40. The summed E-state index contributed by atoms with van der Waals surface area (Å²) in [6.07, 6.45) is 0.0780. The molecule has 2 rings (SSSR count). The quantitative estimate of drug-likeness (QED) is 0.802. The van der Waals surface area contributed by atoms with Gasteiger partial charge in [-0.15, -0.1) is 0 Å². The number of halogens is 2. The normalized spacial score (nSPS) is 19.8. The number of nitrogens with one attached hydrogen (secondary N) is 1. The van der Waals surface area contributed by atoms with Crippen LogP contribution in [0.15, 0.2) is 12.1 Å². The molecule has 1 aliphatic carbocycles. The number of likely N-dealkylation sites (N-methyl/N-ethyl adjacent to an activating group) is 1. The monoisotopic (exact) mass is 341 g/mol. The van der Waals surface area contributed by atoms with Crippen molar-refractivity contribution in [2.75, 3.05) is 20.1 Å². The van der Waals surface area contributed by atoms with Gasteiger partial charge in [0.05, 0.1) is 31.2 Å². The van der Waals surface area contributed by atoms with Crippen LogP contribution in [-0.2, 0) is 11.2 Å². The van der Waals surface area contributed by atoms with Gasteiger partial charge < -0.3 is 10.4 Å². The molecule has 7 heteroatoms. The molecule has 1 aromatic carbocycles. The highest BCUT2D eigenvalue weighted by molar-refractivity contribution is 6.35. The SMILES string of the molecule is CN(CC(=O)NCCC#N)[C@@H]1c2cc(Cl)cc(Cl)c2C[C@@H]1O. The Balaban J connectivity index is 2.10. The number of hydrogen-bond donors (Lipinski definition) is 2. The number of amides is 1. The number of hydrogen-bond acceptors (Lipinski definition) is 4. The maximum atomic E-state index is 11.8. The van der Waals surface area contributed by atoms with Crippen LogP contribution in [0.1, 0.15) is 23.6 Å². The van der Waals surface area contributed by atoms with E-state index >= 15 is 0 Å². The highest BCUT2D eigenvalue weighted by atomic mass is 35.5. The summed E-state index contributed by atoms with van der Waals surface area (Å²) < 4.78 is 0. The van der Waals surface area contributed by atoms with Gasteiger partial charge in [0.2, 0.25) is 5.91 Å². The number of benzene rings is 1. The van der Waals surface area contributed by atoms with Gasteiger partial charge in [-0.05, 0) is 30.3 Å². The van der Waals surface area contributed by atoms with Gasteiger partial charge >= 0.3 is 0 Å². The first-order valence-electron chi connectivity index (χ1n) is 6.93. The van der Waals surface area contributed by atoms with Gasteiger partial charge in [0.15, 0.2) is 0 Å². The van der Waals surface area contributed by atoms with Crippen LogP contribution in [-0.4, -0.2) is 42.2 Å². The molecule has 1 amide bonds. The smallest absolute Gasteiger partial charge is 0.234 e. The van der Waals surface area contributed by atoms with Gasteiger partial charge in [-0.1, -0.05) is 23.2 Å². The van der Waals surface area contributed by atoms with E-state index in [1.165, 1.54) is 0 Å². The van der Waals surface area contributed by atoms with E-state index in [-0.39, 0.29) is 24.9 Å². The lowest BCUT2D eigenvalue weighted by molar-refractivity contribution is -0.122. The van der Waals surface area contributed by atoms with Gasteiger partial charge in [0.25, 0.3) is 0 Å². The average Bonchev–Trinajstić information content (AvgIpc) is 2.75. The second-order valence-corrected chi connectivity index (χ2v) is 6.19. The molecule has 2 N–H and O–H groups in total. The van der Waals surface area contributed by atoms with Crippen LogP contribution in [0, 0.1) is 11.3 Å². The Labute approximate surface area is 139 Å². The average molecular weight is 342 g/mol. The van der Waals surface area contributed by atoms with Crippen molar-refractivity contribution in [3.05, 3.63) is 33.3 Å². The van der Waals surface area contributed by atoms with E-state index in [1.807, 2.05) is 6.07 Å². The van der Waals surface area contributed by atoms with E-state index in [0.29, 0.717) is 23.0 Å². The number of nitriles is 1. The van der Waals surface area contributed by atoms with Gasteiger partial charge in [-0.2, -0.15) is 5.26 Å². The van der Waals surface area contributed by atoms with Crippen LogP contribution in [0.2, 0.25) is 10.0 Å². The van der Waals surface area contributed by atoms with Crippen LogP contribution >= 0.6 is 23.2 Å². The Morgan fingerprint density at radius 1 is 1.55 bits per heavy atom. The second kappa shape index (κ2) is 7.30. The third-order valence-electron chi connectivity index (χ3n) is 3.72. The largest absolute Gasteiger partial charge is 0.391 e. The third-order valence-corrected chi connectivity index (χ3v) is 4.27. The number of aliphatic hydroxyl groups is 1. The molecule has 2 atom stereocenters. The first-order valence-corrected chi connectivity index (χ1v) is 7.69. The van der Waals surface area contributed by atoms with Gasteiger partial charge in [0.1, 0.15) is 0 Å². The third kappa shape index (κ3) is 3.71. The Morgan fingerprint density at radius 2 is 2.27 bits per heavy atom. The summed E-state index contributed by atoms with van der Waals surface area (Å²) in [4.78, 5) is 13.6. The van der Waals surface area contributed by atoms with E-state index in [0.717, 1.165) is 11.1 Å². The van der Waals surface area contributed by atoms with Crippen molar-refractivity contribution >= 4 is 29.1 Å². The zero-order chi connectivity index (χ0) is 16.3. The number of nitrogens with zero attached hydrogens (tertiary/aromatic N) is 2. The Kier molecular flexibility index (Phi) is 5.65.